The molecule has 3 rings (SSSR count). The van der Waals surface area contributed by atoms with Gasteiger partial charge in [-0.25, -0.2) is 15.0 Å². The molecule has 0 aliphatic carbocycles. The third kappa shape index (κ3) is 4.71. The first kappa shape index (κ1) is 19.5. The van der Waals surface area contributed by atoms with Gasteiger partial charge in [0, 0.05) is 44.1 Å². The molecule has 1 amide bonds. The Morgan fingerprint density at radius 2 is 2.11 bits per heavy atom. The molecule has 0 spiro atoms. The summed E-state index contributed by atoms with van der Waals surface area (Å²) in [4.78, 5) is 30.3. The van der Waals surface area contributed by atoms with Crippen molar-refractivity contribution in [2.75, 3.05) is 33.7 Å². The van der Waals surface area contributed by atoms with E-state index in [4.69, 9.17) is 0 Å². The molecular weight excluding hydrogens is 340 g/mol. The summed E-state index contributed by atoms with van der Waals surface area (Å²) < 4.78 is 2.25. The highest BCUT2D eigenvalue weighted by molar-refractivity contribution is 5.95. The van der Waals surface area contributed by atoms with Gasteiger partial charge in [0.05, 0.1) is 11.3 Å². The summed E-state index contributed by atoms with van der Waals surface area (Å²) in [7, 11) is 4.19. The number of carbonyl (C=O) groups is 1. The van der Waals surface area contributed by atoms with Gasteiger partial charge in [0.1, 0.15) is 11.6 Å². The zero-order valence-corrected chi connectivity index (χ0v) is 16.9. The molecule has 0 N–H and O–H groups in total. The van der Waals surface area contributed by atoms with Crippen molar-refractivity contribution in [3.8, 4) is 0 Å². The molecule has 7 nitrogen and oxygen atoms in total. The van der Waals surface area contributed by atoms with Crippen LogP contribution in [0.4, 0.5) is 0 Å². The van der Waals surface area contributed by atoms with Crippen LogP contribution in [0.2, 0.25) is 0 Å². The Balaban J connectivity index is 1.69. The normalized spacial score (nSPS) is 17.5. The van der Waals surface area contributed by atoms with Gasteiger partial charge < -0.3 is 14.4 Å². The molecule has 0 radical (unpaired) electrons. The monoisotopic (exact) mass is 370 g/mol. The van der Waals surface area contributed by atoms with E-state index < -0.39 is 0 Å². The molecule has 1 atom stereocenters. The third-order valence-electron chi connectivity index (χ3n) is 5.16. The predicted octanol–water partition coefficient (Wildman–Crippen LogP) is 2.26. The van der Waals surface area contributed by atoms with E-state index in [0.29, 0.717) is 17.9 Å². The number of likely N-dealkylation sites (tertiary alicyclic amines) is 1. The van der Waals surface area contributed by atoms with Crippen molar-refractivity contribution < 1.29 is 4.79 Å². The summed E-state index contributed by atoms with van der Waals surface area (Å²) >= 11 is 0. The minimum atomic E-state index is 0.0305. The topological polar surface area (TPSA) is 67.2 Å². The van der Waals surface area contributed by atoms with Crippen molar-refractivity contribution >= 4 is 5.91 Å². The lowest BCUT2D eigenvalue weighted by Gasteiger charge is -2.33. The summed E-state index contributed by atoms with van der Waals surface area (Å²) in [5, 5.41) is 0. The fraction of sp³-hybridized carbons (Fsp3) is 0.600. The number of carbonyl (C=O) groups excluding carboxylic acids is 1. The summed E-state index contributed by atoms with van der Waals surface area (Å²) in [6, 6.07) is 0. The first-order valence-corrected chi connectivity index (χ1v) is 9.71. The highest BCUT2D eigenvalue weighted by Crippen LogP contribution is 2.27. The third-order valence-corrected chi connectivity index (χ3v) is 5.16. The van der Waals surface area contributed by atoms with Gasteiger partial charge in [0.15, 0.2) is 0 Å². The molecule has 7 heteroatoms. The molecule has 1 fully saturated rings. The van der Waals surface area contributed by atoms with Crippen LogP contribution in [0, 0.1) is 13.8 Å². The van der Waals surface area contributed by atoms with Crippen LogP contribution < -0.4 is 0 Å². The van der Waals surface area contributed by atoms with Gasteiger partial charge in [0.2, 0.25) is 0 Å². The van der Waals surface area contributed by atoms with Gasteiger partial charge in [0.25, 0.3) is 5.91 Å². The van der Waals surface area contributed by atoms with Crippen LogP contribution in [-0.2, 0) is 6.54 Å². The van der Waals surface area contributed by atoms with Gasteiger partial charge >= 0.3 is 0 Å². The lowest BCUT2D eigenvalue weighted by molar-refractivity contribution is 0.0701. The van der Waals surface area contributed by atoms with Gasteiger partial charge in [-0.3, -0.25) is 4.79 Å². The van der Waals surface area contributed by atoms with Crippen molar-refractivity contribution in [2.45, 2.75) is 45.6 Å². The zero-order valence-electron chi connectivity index (χ0n) is 16.9. The molecular formula is C20H30N6O. The second-order valence-corrected chi connectivity index (χ2v) is 7.64. The van der Waals surface area contributed by atoms with Gasteiger partial charge in [-0.1, -0.05) is 0 Å². The van der Waals surface area contributed by atoms with Crippen molar-refractivity contribution in [3.05, 3.63) is 41.5 Å². The molecule has 1 aliphatic rings. The van der Waals surface area contributed by atoms with Crippen molar-refractivity contribution in [1.29, 1.82) is 0 Å². The standard InChI is InChI=1S/C20H30N6O/c1-15-18(13-22-16(2)23-15)20(27)26-10-5-7-17(14-26)19-21-8-12-25(19)11-6-9-24(3)4/h8,12-13,17H,5-7,9-11,14H2,1-4H3. The quantitative estimate of drug-likeness (QED) is 0.780. The highest BCUT2D eigenvalue weighted by Gasteiger charge is 2.29. The van der Waals surface area contributed by atoms with E-state index in [9.17, 15) is 4.79 Å². The number of imidazole rings is 1. The summed E-state index contributed by atoms with van der Waals surface area (Å²) in [6.07, 6.45) is 8.75. The van der Waals surface area contributed by atoms with Gasteiger partial charge in [-0.15, -0.1) is 0 Å². The SMILES string of the molecule is Cc1ncc(C(=O)N2CCCC(c3nccn3CCCN(C)C)C2)c(C)n1. The van der Waals surface area contributed by atoms with E-state index in [1.54, 1.807) is 6.20 Å². The number of nitrogens with zero attached hydrogens (tertiary/aromatic N) is 6. The fourth-order valence-corrected chi connectivity index (χ4v) is 3.76. The predicted molar refractivity (Wildman–Crippen MR) is 105 cm³/mol. The first-order valence-electron chi connectivity index (χ1n) is 9.71. The van der Waals surface area contributed by atoms with Crippen molar-refractivity contribution in [3.63, 3.8) is 0 Å². The van der Waals surface area contributed by atoms with E-state index in [-0.39, 0.29) is 11.8 Å². The largest absolute Gasteiger partial charge is 0.338 e. The molecule has 1 aliphatic heterocycles. The molecule has 2 aromatic heterocycles. The molecule has 2 aromatic rings. The van der Waals surface area contributed by atoms with Crippen LogP contribution in [0.5, 0.6) is 0 Å². The maximum atomic E-state index is 13.0. The Morgan fingerprint density at radius 3 is 2.85 bits per heavy atom. The van der Waals surface area contributed by atoms with Crippen LogP contribution in [0.15, 0.2) is 18.6 Å². The maximum Gasteiger partial charge on any atom is 0.257 e. The Labute approximate surface area is 161 Å². The Morgan fingerprint density at radius 1 is 1.30 bits per heavy atom. The van der Waals surface area contributed by atoms with Crippen LogP contribution in [0.25, 0.3) is 0 Å². The summed E-state index contributed by atoms with van der Waals surface area (Å²) in [5.41, 5.74) is 1.36. The summed E-state index contributed by atoms with van der Waals surface area (Å²) in [6.45, 7) is 7.22. The number of aromatic nitrogens is 4. The number of amides is 1. The van der Waals surface area contributed by atoms with E-state index in [1.165, 1.54) is 0 Å². The number of aryl methyl sites for hydroxylation is 3. The molecule has 3 heterocycles. The molecule has 1 unspecified atom stereocenters. The fourth-order valence-electron chi connectivity index (χ4n) is 3.76. The van der Waals surface area contributed by atoms with Crippen LogP contribution in [-0.4, -0.2) is 69.0 Å². The van der Waals surface area contributed by atoms with Crippen molar-refractivity contribution in [1.82, 2.24) is 29.3 Å². The number of hydrogen-bond donors (Lipinski definition) is 0. The zero-order chi connectivity index (χ0) is 19.4. The van der Waals surface area contributed by atoms with E-state index >= 15 is 0 Å². The Bertz CT molecular complexity index is 785. The molecule has 0 aromatic carbocycles. The summed E-state index contributed by atoms with van der Waals surface area (Å²) in [5.74, 6) is 2.11. The molecule has 1 saturated heterocycles. The maximum absolute atomic E-state index is 13.0. The van der Waals surface area contributed by atoms with Gasteiger partial charge in [-0.2, -0.15) is 0 Å². The lowest BCUT2D eigenvalue weighted by atomic mass is 9.96. The number of piperidine rings is 1. The second kappa shape index (κ2) is 8.61. The number of hydrogen-bond acceptors (Lipinski definition) is 5. The Kier molecular flexibility index (Phi) is 6.21. The van der Waals surface area contributed by atoms with Crippen LogP contribution in [0.3, 0.4) is 0 Å². The minimum absolute atomic E-state index is 0.0305. The molecule has 146 valence electrons. The molecule has 27 heavy (non-hydrogen) atoms. The molecule has 0 saturated carbocycles. The van der Waals surface area contributed by atoms with Crippen LogP contribution in [0.1, 0.15) is 52.9 Å². The lowest BCUT2D eigenvalue weighted by Crippen LogP contribution is -2.40. The van der Waals surface area contributed by atoms with Crippen molar-refractivity contribution in [2.24, 2.45) is 0 Å². The van der Waals surface area contributed by atoms with E-state index in [2.05, 4.69) is 44.7 Å². The van der Waals surface area contributed by atoms with E-state index in [1.807, 2.05) is 24.9 Å². The average Bonchev–Trinajstić information content (AvgIpc) is 3.09. The van der Waals surface area contributed by atoms with Gasteiger partial charge in [-0.05, 0) is 53.8 Å². The second-order valence-electron chi connectivity index (χ2n) is 7.64. The Hall–Kier alpha value is -2.28. The highest BCUT2D eigenvalue weighted by atomic mass is 16.2. The number of rotatable bonds is 6. The molecule has 0 bridgehead atoms. The minimum Gasteiger partial charge on any atom is -0.338 e. The first-order chi connectivity index (χ1) is 13.0. The van der Waals surface area contributed by atoms with E-state index in [0.717, 1.165) is 50.4 Å². The smallest absolute Gasteiger partial charge is 0.257 e. The average molecular weight is 371 g/mol. The van der Waals surface area contributed by atoms with Crippen LogP contribution >= 0.6 is 0 Å².